The molecule has 0 radical (unpaired) electrons. The van der Waals surface area contributed by atoms with Crippen LogP contribution in [0.2, 0.25) is 0 Å². The number of hydrogen-bond acceptors (Lipinski definition) is 3. The average molecular weight is 359 g/mol. The van der Waals surface area contributed by atoms with Crippen molar-refractivity contribution >= 4 is 17.6 Å². The van der Waals surface area contributed by atoms with E-state index in [9.17, 15) is 9.59 Å². The third-order valence-electron chi connectivity index (χ3n) is 5.36. The number of anilines is 1. The quantitative estimate of drug-likeness (QED) is 0.868. The van der Waals surface area contributed by atoms with Crippen LogP contribution in [0.25, 0.3) is 0 Å². The Kier molecular flexibility index (Phi) is 6.14. The van der Waals surface area contributed by atoms with Gasteiger partial charge in [-0.2, -0.15) is 0 Å². The van der Waals surface area contributed by atoms with Gasteiger partial charge in [0, 0.05) is 18.3 Å². The minimum Gasteiger partial charge on any atom is -0.365 e. The van der Waals surface area contributed by atoms with Crippen molar-refractivity contribution in [3.63, 3.8) is 0 Å². The zero-order chi connectivity index (χ0) is 18.5. The number of aryl methyl sites for hydroxylation is 2. The summed E-state index contributed by atoms with van der Waals surface area (Å²) in [6.45, 7) is 4.98. The number of rotatable bonds is 4. The first kappa shape index (κ1) is 18.7. The number of amides is 3. The van der Waals surface area contributed by atoms with Gasteiger partial charge in [-0.15, -0.1) is 0 Å². The third kappa shape index (κ3) is 4.75. The predicted octanol–water partition coefficient (Wildman–Crippen LogP) is 2.67. The summed E-state index contributed by atoms with van der Waals surface area (Å²) >= 11 is 0. The molecule has 1 saturated carbocycles. The maximum Gasteiger partial charge on any atom is 0.315 e. The van der Waals surface area contributed by atoms with Gasteiger partial charge in [0.1, 0.15) is 6.61 Å². The Morgan fingerprint density at radius 1 is 1.19 bits per heavy atom. The summed E-state index contributed by atoms with van der Waals surface area (Å²) in [5.74, 6) is -0.0452. The van der Waals surface area contributed by atoms with Crippen LogP contribution in [0.5, 0.6) is 0 Å². The molecule has 2 N–H and O–H groups in total. The van der Waals surface area contributed by atoms with Crippen LogP contribution in [0, 0.1) is 13.8 Å². The number of carbonyl (C=O) groups excluding carboxylic acids is 2. The van der Waals surface area contributed by atoms with E-state index in [1.54, 1.807) is 4.90 Å². The molecule has 6 nitrogen and oxygen atoms in total. The fraction of sp³-hybridized carbons (Fsp3) is 0.600. The molecular formula is C20H29N3O3. The van der Waals surface area contributed by atoms with Gasteiger partial charge >= 0.3 is 6.03 Å². The lowest BCUT2D eigenvalue weighted by atomic mass is 9.96. The summed E-state index contributed by atoms with van der Waals surface area (Å²) in [6.07, 6.45) is 5.54. The number of morpholine rings is 1. The number of hydrogen-bond donors (Lipinski definition) is 2. The molecule has 3 amide bonds. The van der Waals surface area contributed by atoms with Gasteiger partial charge < -0.3 is 20.3 Å². The first-order chi connectivity index (χ1) is 12.5. The van der Waals surface area contributed by atoms with E-state index in [0.717, 1.165) is 24.1 Å². The van der Waals surface area contributed by atoms with Crippen molar-refractivity contribution in [2.24, 2.45) is 0 Å². The Balaban J connectivity index is 1.51. The second kappa shape index (κ2) is 8.54. The van der Waals surface area contributed by atoms with Gasteiger partial charge in [-0.25, -0.2) is 4.79 Å². The molecule has 1 aromatic carbocycles. The number of nitrogens with zero attached hydrogens (tertiary/aromatic N) is 1. The van der Waals surface area contributed by atoms with Crippen LogP contribution in [0.3, 0.4) is 0 Å². The number of carbonyl (C=O) groups is 2. The molecule has 2 fully saturated rings. The highest BCUT2D eigenvalue weighted by molar-refractivity contribution is 5.95. The standard InChI is InChI=1S/C20H29N3O3/c1-14-8-9-17(10-15(14)2)23-12-18(26-13-19(23)24)11-21-20(25)22-16-6-4-3-5-7-16/h8-10,16,18H,3-7,11-13H2,1-2H3,(H2,21,22,25). The summed E-state index contributed by atoms with van der Waals surface area (Å²) in [4.78, 5) is 26.1. The van der Waals surface area contributed by atoms with Crippen molar-refractivity contribution in [3.05, 3.63) is 29.3 Å². The SMILES string of the molecule is Cc1ccc(N2CC(CNC(=O)NC3CCCCC3)OCC2=O)cc1C. The molecule has 142 valence electrons. The van der Waals surface area contributed by atoms with Crippen LogP contribution in [0.1, 0.15) is 43.2 Å². The molecule has 0 bridgehead atoms. The fourth-order valence-electron chi connectivity index (χ4n) is 3.58. The predicted molar refractivity (Wildman–Crippen MR) is 101 cm³/mol. The lowest BCUT2D eigenvalue weighted by Crippen LogP contribution is -2.52. The average Bonchev–Trinajstić information content (AvgIpc) is 2.64. The molecule has 1 unspecified atom stereocenters. The molecular weight excluding hydrogens is 330 g/mol. The van der Waals surface area contributed by atoms with Gasteiger partial charge in [-0.05, 0) is 49.9 Å². The topological polar surface area (TPSA) is 70.7 Å². The molecule has 0 spiro atoms. The highest BCUT2D eigenvalue weighted by Gasteiger charge is 2.28. The van der Waals surface area contributed by atoms with E-state index in [1.165, 1.54) is 24.8 Å². The molecule has 2 aliphatic rings. The first-order valence-electron chi connectivity index (χ1n) is 9.56. The van der Waals surface area contributed by atoms with E-state index in [2.05, 4.69) is 17.6 Å². The van der Waals surface area contributed by atoms with Crippen molar-refractivity contribution in [2.45, 2.75) is 58.1 Å². The van der Waals surface area contributed by atoms with Crippen molar-refractivity contribution in [1.29, 1.82) is 0 Å². The molecule has 0 aromatic heterocycles. The van der Waals surface area contributed by atoms with E-state index in [4.69, 9.17) is 4.74 Å². The Bertz CT molecular complexity index is 656. The zero-order valence-electron chi connectivity index (χ0n) is 15.7. The summed E-state index contributed by atoms with van der Waals surface area (Å²) in [5.41, 5.74) is 3.24. The van der Waals surface area contributed by atoms with Gasteiger partial charge in [0.15, 0.2) is 0 Å². The molecule has 1 atom stereocenters. The van der Waals surface area contributed by atoms with Crippen molar-refractivity contribution < 1.29 is 14.3 Å². The highest BCUT2D eigenvalue weighted by atomic mass is 16.5. The molecule has 1 aliphatic heterocycles. The van der Waals surface area contributed by atoms with E-state index >= 15 is 0 Å². The Labute approximate surface area is 155 Å². The summed E-state index contributed by atoms with van der Waals surface area (Å²) in [7, 11) is 0. The zero-order valence-corrected chi connectivity index (χ0v) is 15.7. The van der Waals surface area contributed by atoms with Crippen LogP contribution in [-0.2, 0) is 9.53 Å². The monoisotopic (exact) mass is 359 g/mol. The molecule has 3 rings (SSSR count). The lowest BCUT2D eigenvalue weighted by Gasteiger charge is -2.33. The second-order valence-electron chi connectivity index (χ2n) is 7.40. The van der Waals surface area contributed by atoms with E-state index in [0.29, 0.717) is 13.1 Å². The van der Waals surface area contributed by atoms with Gasteiger partial charge in [-0.1, -0.05) is 25.3 Å². The molecule has 26 heavy (non-hydrogen) atoms. The molecule has 1 aromatic rings. The van der Waals surface area contributed by atoms with Crippen LogP contribution < -0.4 is 15.5 Å². The summed E-state index contributed by atoms with van der Waals surface area (Å²) in [5, 5.41) is 5.93. The Hall–Kier alpha value is -2.08. The van der Waals surface area contributed by atoms with Crippen LogP contribution in [0.4, 0.5) is 10.5 Å². The van der Waals surface area contributed by atoms with Gasteiger partial charge in [0.05, 0.1) is 12.6 Å². The second-order valence-corrected chi connectivity index (χ2v) is 7.40. The Morgan fingerprint density at radius 3 is 2.69 bits per heavy atom. The third-order valence-corrected chi connectivity index (χ3v) is 5.36. The van der Waals surface area contributed by atoms with Crippen LogP contribution in [-0.4, -0.2) is 43.8 Å². The summed E-state index contributed by atoms with van der Waals surface area (Å²) in [6, 6.07) is 6.16. The normalized spacial score (nSPS) is 21.5. The number of benzene rings is 1. The summed E-state index contributed by atoms with van der Waals surface area (Å²) < 4.78 is 5.60. The van der Waals surface area contributed by atoms with E-state index < -0.39 is 0 Å². The van der Waals surface area contributed by atoms with Crippen LogP contribution >= 0.6 is 0 Å². The highest BCUT2D eigenvalue weighted by Crippen LogP contribution is 2.22. The maximum absolute atomic E-state index is 12.2. The van der Waals surface area contributed by atoms with E-state index in [1.807, 2.05) is 25.1 Å². The lowest BCUT2D eigenvalue weighted by molar-refractivity contribution is -0.129. The van der Waals surface area contributed by atoms with Crippen molar-refractivity contribution in [1.82, 2.24) is 10.6 Å². The molecule has 1 aliphatic carbocycles. The molecule has 1 saturated heterocycles. The van der Waals surface area contributed by atoms with E-state index in [-0.39, 0.29) is 30.7 Å². The smallest absolute Gasteiger partial charge is 0.315 e. The number of nitrogens with one attached hydrogen (secondary N) is 2. The Morgan fingerprint density at radius 2 is 1.96 bits per heavy atom. The van der Waals surface area contributed by atoms with Gasteiger partial charge in [0.25, 0.3) is 5.91 Å². The minimum absolute atomic E-state index is 0.0452. The minimum atomic E-state index is -0.202. The number of urea groups is 1. The largest absolute Gasteiger partial charge is 0.365 e. The number of ether oxygens (including phenoxy) is 1. The fourth-order valence-corrected chi connectivity index (χ4v) is 3.58. The van der Waals surface area contributed by atoms with Gasteiger partial charge in [-0.3, -0.25) is 4.79 Å². The van der Waals surface area contributed by atoms with Crippen molar-refractivity contribution in [2.75, 3.05) is 24.6 Å². The van der Waals surface area contributed by atoms with Crippen LogP contribution in [0.15, 0.2) is 18.2 Å². The van der Waals surface area contributed by atoms with Gasteiger partial charge in [0.2, 0.25) is 0 Å². The molecule has 6 heteroatoms. The molecule has 1 heterocycles. The first-order valence-corrected chi connectivity index (χ1v) is 9.56. The maximum atomic E-state index is 12.2. The van der Waals surface area contributed by atoms with Crippen molar-refractivity contribution in [3.8, 4) is 0 Å².